The summed E-state index contributed by atoms with van der Waals surface area (Å²) >= 11 is 0. The largest absolute Gasteiger partial charge is 0.478 e. The second-order valence-electron chi connectivity index (χ2n) is 4.57. The number of carboxylic acids is 1. The molecule has 0 fully saturated rings. The quantitative estimate of drug-likeness (QED) is 0.650. The van der Waals surface area contributed by atoms with Crippen molar-refractivity contribution >= 4 is 17.3 Å². The SMILES string of the molecule is Cc1cc(NCc2ccccc2[N+](=O)[O-])ccc1C(=O)O. The average Bonchev–Trinajstić information content (AvgIpc) is 2.45. The summed E-state index contributed by atoms with van der Waals surface area (Å²) in [5.41, 5.74) is 2.23. The Bertz CT molecular complexity index is 698. The van der Waals surface area contributed by atoms with Crippen LogP contribution >= 0.6 is 0 Å². The van der Waals surface area contributed by atoms with Gasteiger partial charge in [-0.2, -0.15) is 0 Å². The van der Waals surface area contributed by atoms with E-state index in [9.17, 15) is 14.9 Å². The smallest absolute Gasteiger partial charge is 0.335 e. The lowest BCUT2D eigenvalue weighted by molar-refractivity contribution is -0.385. The number of aromatic carboxylic acids is 1. The van der Waals surface area contributed by atoms with E-state index in [1.54, 1.807) is 37.3 Å². The molecule has 108 valence electrons. The van der Waals surface area contributed by atoms with E-state index in [1.165, 1.54) is 12.1 Å². The molecular formula is C15H14N2O4. The molecule has 2 N–H and O–H groups in total. The van der Waals surface area contributed by atoms with E-state index in [0.29, 0.717) is 17.7 Å². The molecule has 0 spiro atoms. The number of nitro benzene ring substituents is 1. The number of carboxylic acid groups (broad SMARTS) is 1. The van der Waals surface area contributed by atoms with Crippen molar-refractivity contribution in [2.24, 2.45) is 0 Å². The van der Waals surface area contributed by atoms with Gasteiger partial charge >= 0.3 is 5.97 Å². The molecule has 0 saturated heterocycles. The van der Waals surface area contributed by atoms with Crippen LogP contribution in [0.15, 0.2) is 42.5 Å². The summed E-state index contributed by atoms with van der Waals surface area (Å²) in [6, 6.07) is 11.4. The average molecular weight is 286 g/mol. The van der Waals surface area contributed by atoms with Crippen molar-refractivity contribution in [1.82, 2.24) is 0 Å². The zero-order chi connectivity index (χ0) is 15.4. The molecule has 0 aromatic heterocycles. The Morgan fingerprint density at radius 1 is 1.29 bits per heavy atom. The molecule has 21 heavy (non-hydrogen) atoms. The van der Waals surface area contributed by atoms with Crippen molar-refractivity contribution in [1.29, 1.82) is 0 Å². The molecule has 2 rings (SSSR count). The van der Waals surface area contributed by atoms with Crippen molar-refractivity contribution in [2.75, 3.05) is 5.32 Å². The van der Waals surface area contributed by atoms with Gasteiger partial charge in [-0.05, 0) is 30.7 Å². The first kappa shape index (κ1) is 14.5. The van der Waals surface area contributed by atoms with E-state index in [-0.39, 0.29) is 11.3 Å². The minimum atomic E-state index is -0.974. The number of nitrogens with one attached hydrogen (secondary N) is 1. The van der Waals surface area contributed by atoms with Crippen LogP contribution < -0.4 is 5.32 Å². The second kappa shape index (κ2) is 6.04. The Hall–Kier alpha value is -2.89. The first-order chi connectivity index (χ1) is 9.99. The molecule has 2 aromatic rings. The van der Waals surface area contributed by atoms with Gasteiger partial charge in [0.2, 0.25) is 0 Å². The van der Waals surface area contributed by atoms with Crippen molar-refractivity contribution in [3.05, 3.63) is 69.3 Å². The van der Waals surface area contributed by atoms with Crippen LogP contribution in [0.1, 0.15) is 21.5 Å². The Balaban J connectivity index is 2.16. The van der Waals surface area contributed by atoms with Crippen LogP contribution in [0, 0.1) is 17.0 Å². The highest BCUT2D eigenvalue weighted by molar-refractivity contribution is 5.89. The predicted molar refractivity (Wildman–Crippen MR) is 78.6 cm³/mol. The molecule has 0 aliphatic heterocycles. The van der Waals surface area contributed by atoms with Crippen LogP contribution in [-0.2, 0) is 6.54 Å². The molecule has 0 aliphatic rings. The van der Waals surface area contributed by atoms with Gasteiger partial charge in [0.25, 0.3) is 5.69 Å². The molecule has 0 aliphatic carbocycles. The molecule has 0 amide bonds. The zero-order valence-electron chi connectivity index (χ0n) is 11.4. The Morgan fingerprint density at radius 2 is 2.00 bits per heavy atom. The number of benzene rings is 2. The predicted octanol–water partition coefficient (Wildman–Crippen LogP) is 3.21. The fourth-order valence-corrected chi connectivity index (χ4v) is 2.05. The molecule has 6 nitrogen and oxygen atoms in total. The van der Waals surface area contributed by atoms with Crippen LogP contribution in [0.25, 0.3) is 0 Å². The van der Waals surface area contributed by atoms with Gasteiger partial charge in [-0.15, -0.1) is 0 Å². The third-order valence-corrected chi connectivity index (χ3v) is 3.13. The van der Waals surface area contributed by atoms with E-state index in [2.05, 4.69) is 5.32 Å². The van der Waals surface area contributed by atoms with Crippen molar-refractivity contribution in [2.45, 2.75) is 13.5 Å². The maximum atomic E-state index is 10.9. The number of rotatable bonds is 5. The molecular weight excluding hydrogens is 272 g/mol. The second-order valence-corrected chi connectivity index (χ2v) is 4.57. The standard InChI is InChI=1S/C15H14N2O4/c1-10-8-12(6-7-13(10)15(18)19)16-9-11-4-2-3-5-14(11)17(20)21/h2-8,16H,9H2,1H3,(H,18,19). The maximum absolute atomic E-state index is 10.9. The summed E-state index contributed by atoms with van der Waals surface area (Å²) < 4.78 is 0. The lowest BCUT2D eigenvalue weighted by atomic mass is 10.1. The van der Waals surface area contributed by atoms with Crippen molar-refractivity contribution < 1.29 is 14.8 Å². The summed E-state index contributed by atoms with van der Waals surface area (Å²) in [6.45, 7) is 2.00. The van der Waals surface area contributed by atoms with Crippen LogP contribution in [0.2, 0.25) is 0 Å². The Kier molecular flexibility index (Phi) is 4.18. The van der Waals surface area contributed by atoms with E-state index in [1.807, 2.05) is 0 Å². The summed E-state index contributed by atoms with van der Waals surface area (Å²) in [5, 5.41) is 23.0. The number of para-hydroxylation sites is 1. The number of anilines is 1. The number of nitro groups is 1. The van der Waals surface area contributed by atoms with Gasteiger partial charge < -0.3 is 10.4 Å². The van der Waals surface area contributed by atoms with Crippen molar-refractivity contribution in [3.8, 4) is 0 Å². The molecule has 2 aromatic carbocycles. The van der Waals surface area contributed by atoms with Gasteiger partial charge in [0.1, 0.15) is 0 Å². The zero-order valence-corrected chi connectivity index (χ0v) is 11.4. The number of aryl methyl sites for hydroxylation is 1. The summed E-state index contributed by atoms with van der Waals surface area (Å²) in [6.07, 6.45) is 0. The van der Waals surface area contributed by atoms with E-state index < -0.39 is 10.9 Å². The van der Waals surface area contributed by atoms with Gasteiger partial charge in [-0.1, -0.05) is 18.2 Å². The third kappa shape index (κ3) is 3.36. The maximum Gasteiger partial charge on any atom is 0.335 e. The highest BCUT2D eigenvalue weighted by Gasteiger charge is 2.12. The number of carbonyl (C=O) groups is 1. The molecule has 0 saturated carbocycles. The summed E-state index contributed by atoms with van der Waals surface area (Å²) in [7, 11) is 0. The van der Waals surface area contributed by atoms with Crippen LogP contribution in [0.4, 0.5) is 11.4 Å². The topological polar surface area (TPSA) is 92.5 Å². The van der Waals surface area contributed by atoms with Crippen LogP contribution in [0.3, 0.4) is 0 Å². The first-order valence-electron chi connectivity index (χ1n) is 6.29. The highest BCUT2D eigenvalue weighted by atomic mass is 16.6. The fourth-order valence-electron chi connectivity index (χ4n) is 2.05. The minimum Gasteiger partial charge on any atom is -0.478 e. The molecule has 0 heterocycles. The number of hydrogen-bond donors (Lipinski definition) is 2. The number of hydrogen-bond acceptors (Lipinski definition) is 4. The van der Waals surface area contributed by atoms with Gasteiger partial charge in [0.05, 0.1) is 10.5 Å². The van der Waals surface area contributed by atoms with Crippen LogP contribution in [-0.4, -0.2) is 16.0 Å². The number of nitrogens with zero attached hydrogens (tertiary/aromatic N) is 1. The minimum absolute atomic E-state index is 0.0591. The van der Waals surface area contributed by atoms with Gasteiger partial charge in [0.15, 0.2) is 0 Å². The van der Waals surface area contributed by atoms with Gasteiger partial charge in [-0.25, -0.2) is 4.79 Å². The van der Waals surface area contributed by atoms with E-state index in [4.69, 9.17) is 5.11 Å². The summed E-state index contributed by atoms with van der Waals surface area (Å²) in [4.78, 5) is 21.4. The van der Waals surface area contributed by atoms with E-state index in [0.717, 1.165) is 5.69 Å². The highest BCUT2D eigenvalue weighted by Crippen LogP contribution is 2.20. The van der Waals surface area contributed by atoms with Crippen molar-refractivity contribution in [3.63, 3.8) is 0 Å². The first-order valence-corrected chi connectivity index (χ1v) is 6.29. The van der Waals surface area contributed by atoms with Gasteiger partial charge in [-0.3, -0.25) is 10.1 Å². The Morgan fingerprint density at radius 3 is 2.62 bits per heavy atom. The molecule has 0 radical (unpaired) electrons. The fraction of sp³-hybridized carbons (Fsp3) is 0.133. The lowest BCUT2D eigenvalue weighted by Crippen LogP contribution is -2.05. The summed E-state index contributed by atoms with van der Waals surface area (Å²) in [5.74, 6) is -0.974. The molecule has 0 unspecified atom stereocenters. The van der Waals surface area contributed by atoms with Gasteiger partial charge in [0, 0.05) is 23.9 Å². The molecule has 0 bridgehead atoms. The molecule has 0 atom stereocenters. The monoisotopic (exact) mass is 286 g/mol. The normalized spacial score (nSPS) is 10.1. The Labute approximate surface area is 121 Å². The van der Waals surface area contributed by atoms with E-state index >= 15 is 0 Å². The molecule has 6 heteroatoms. The van der Waals surface area contributed by atoms with Crippen LogP contribution in [0.5, 0.6) is 0 Å². The third-order valence-electron chi connectivity index (χ3n) is 3.13. The lowest BCUT2D eigenvalue weighted by Gasteiger charge is -2.09.